The van der Waals surface area contributed by atoms with Gasteiger partial charge in [0.05, 0.1) is 17.3 Å². The third kappa shape index (κ3) is 4.19. The summed E-state index contributed by atoms with van der Waals surface area (Å²) in [5.74, 6) is 0.555. The fourth-order valence-corrected chi connectivity index (χ4v) is 2.30. The van der Waals surface area contributed by atoms with Gasteiger partial charge in [-0.2, -0.15) is 18.4 Å². The van der Waals surface area contributed by atoms with Crippen molar-refractivity contribution in [1.29, 1.82) is 5.26 Å². The number of rotatable bonds is 4. The van der Waals surface area contributed by atoms with Gasteiger partial charge in [-0.05, 0) is 41.5 Å². The van der Waals surface area contributed by atoms with Crippen molar-refractivity contribution in [3.05, 3.63) is 70.9 Å². The van der Waals surface area contributed by atoms with Crippen molar-refractivity contribution in [1.82, 2.24) is 5.43 Å². The van der Waals surface area contributed by atoms with Gasteiger partial charge in [0.15, 0.2) is 6.04 Å². The van der Waals surface area contributed by atoms with Crippen LogP contribution in [-0.4, -0.2) is 6.04 Å². The van der Waals surface area contributed by atoms with Crippen LogP contribution in [0.2, 0.25) is 0 Å². The Morgan fingerprint density at radius 1 is 1.19 bits per heavy atom. The van der Waals surface area contributed by atoms with Gasteiger partial charge in [-0.25, -0.2) is 0 Å². The van der Waals surface area contributed by atoms with E-state index in [1.165, 1.54) is 12.1 Å². The second-order valence-corrected chi connectivity index (χ2v) is 5.51. The molecule has 5 nitrogen and oxygen atoms in total. The number of ether oxygens (including phenoxy) is 1. The van der Waals surface area contributed by atoms with Crippen molar-refractivity contribution in [2.24, 2.45) is 10.3 Å². The van der Waals surface area contributed by atoms with Crippen LogP contribution >= 0.6 is 0 Å². The predicted molar refractivity (Wildman–Crippen MR) is 87.6 cm³/mol. The zero-order chi connectivity index (χ0) is 18.6. The Hall–Kier alpha value is -3.34. The Morgan fingerprint density at radius 2 is 1.96 bits per heavy atom. The monoisotopic (exact) mass is 358 g/mol. The molecule has 0 aliphatic carbocycles. The minimum Gasteiger partial charge on any atom is -0.489 e. The molecule has 0 fully saturated rings. The van der Waals surface area contributed by atoms with Crippen LogP contribution < -0.4 is 10.2 Å². The normalized spacial score (nSPS) is 17.8. The molecule has 2 aromatic carbocycles. The summed E-state index contributed by atoms with van der Waals surface area (Å²) >= 11 is 0. The second-order valence-electron chi connectivity index (χ2n) is 5.51. The highest BCUT2D eigenvalue weighted by Gasteiger charge is 2.29. The lowest BCUT2D eigenvalue weighted by Crippen LogP contribution is -2.08. The van der Waals surface area contributed by atoms with Gasteiger partial charge in [-0.1, -0.05) is 29.5 Å². The molecule has 1 aliphatic rings. The molecule has 132 valence electrons. The molecule has 0 amide bonds. The Morgan fingerprint density at radius 3 is 2.65 bits per heavy atom. The molecule has 1 heterocycles. The number of hydrogen-bond donors (Lipinski definition) is 1. The van der Waals surface area contributed by atoms with E-state index in [-0.39, 0.29) is 6.61 Å². The standard InChI is InChI=1S/C18H13F3N4O/c19-18(20,21)14-6-4-12(5-7-14)11-26-15-3-1-2-13(8-15)9-16-17(10-22)24-25-23-16/h1-9,17H,11H2,(H,23,24). The van der Waals surface area contributed by atoms with Gasteiger partial charge in [-0.15, -0.1) is 5.11 Å². The Kier molecular flexibility index (Phi) is 4.89. The zero-order valence-electron chi connectivity index (χ0n) is 13.4. The van der Waals surface area contributed by atoms with E-state index in [0.717, 1.165) is 17.7 Å². The first-order valence-corrected chi connectivity index (χ1v) is 7.62. The fraction of sp³-hybridized carbons (Fsp3) is 0.167. The van der Waals surface area contributed by atoms with Crippen molar-refractivity contribution in [2.75, 3.05) is 0 Å². The van der Waals surface area contributed by atoms with E-state index in [2.05, 4.69) is 15.8 Å². The van der Waals surface area contributed by atoms with Crippen molar-refractivity contribution >= 4 is 6.08 Å². The molecule has 1 aliphatic heterocycles. The molecule has 1 atom stereocenters. The summed E-state index contributed by atoms with van der Waals surface area (Å²) in [6, 6.07) is 13.3. The smallest absolute Gasteiger partial charge is 0.416 e. The molecule has 0 saturated carbocycles. The minimum absolute atomic E-state index is 0.141. The second kappa shape index (κ2) is 7.27. The lowest BCUT2D eigenvalue weighted by atomic mass is 10.1. The molecular weight excluding hydrogens is 345 g/mol. The molecule has 1 unspecified atom stereocenters. The van der Waals surface area contributed by atoms with Crippen LogP contribution in [0, 0.1) is 11.3 Å². The first kappa shape index (κ1) is 17.5. The van der Waals surface area contributed by atoms with Gasteiger partial charge in [0, 0.05) is 0 Å². The van der Waals surface area contributed by atoms with Crippen LogP contribution in [-0.2, 0) is 12.8 Å². The third-order valence-electron chi connectivity index (χ3n) is 3.64. The molecule has 26 heavy (non-hydrogen) atoms. The van der Waals surface area contributed by atoms with Crippen molar-refractivity contribution in [2.45, 2.75) is 18.8 Å². The largest absolute Gasteiger partial charge is 0.489 e. The minimum atomic E-state index is -4.35. The van der Waals surface area contributed by atoms with Crippen LogP contribution in [0.15, 0.2) is 64.6 Å². The van der Waals surface area contributed by atoms with Crippen LogP contribution in [0.1, 0.15) is 16.7 Å². The van der Waals surface area contributed by atoms with Crippen LogP contribution in [0.3, 0.4) is 0 Å². The van der Waals surface area contributed by atoms with Gasteiger partial charge in [0.25, 0.3) is 0 Å². The average Bonchev–Trinajstić information content (AvgIpc) is 3.07. The highest BCUT2D eigenvalue weighted by molar-refractivity contribution is 5.56. The Labute approximate surface area is 147 Å². The molecule has 2 aromatic rings. The zero-order valence-corrected chi connectivity index (χ0v) is 13.4. The quantitative estimate of drug-likeness (QED) is 0.876. The summed E-state index contributed by atoms with van der Waals surface area (Å²) in [5.41, 5.74) is 3.94. The number of nitrogens with one attached hydrogen (secondary N) is 1. The Bertz CT molecular complexity index is 883. The number of halogens is 3. The van der Waals surface area contributed by atoms with Gasteiger partial charge >= 0.3 is 6.18 Å². The summed E-state index contributed by atoms with van der Waals surface area (Å²) in [4.78, 5) is 0. The molecule has 0 radical (unpaired) electrons. The molecule has 0 bridgehead atoms. The van der Waals surface area contributed by atoms with Gasteiger partial charge in [-0.3, -0.25) is 5.43 Å². The van der Waals surface area contributed by atoms with Crippen molar-refractivity contribution in [3.8, 4) is 11.8 Å². The van der Waals surface area contributed by atoms with E-state index < -0.39 is 17.8 Å². The highest BCUT2D eigenvalue weighted by atomic mass is 19.4. The number of hydrogen-bond acceptors (Lipinski definition) is 5. The lowest BCUT2D eigenvalue weighted by Gasteiger charge is -2.09. The van der Waals surface area contributed by atoms with Crippen molar-refractivity contribution in [3.63, 3.8) is 0 Å². The third-order valence-corrected chi connectivity index (χ3v) is 3.64. The lowest BCUT2D eigenvalue weighted by molar-refractivity contribution is -0.137. The molecule has 0 aromatic heterocycles. The summed E-state index contributed by atoms with van der Waals surface area (Å²) < 4.78 is 43.3. The van der Waals surface area contributed by atoms with E-state index >= 15 is 0 Å². The summed E-state index contributed by atoms with van der Waals surface area (Å²) in [6.07, 6.45) is -2.62. The molecule has 0 saturated heterocycles. The summed E-state index contributed by atoms with van der Waals surface area (Å²) in [6.45, 7) is 0.141. The van der Waals surface area contributed by atoms with E-state index in [4.69, 9.17) is 10.00 Å². The molecule has 0 spiro atoms. The van der Waals surface area contributed by atoms with E-state index in [0.29, 0.717) is 17.0 Å². The number of nitriles is 1. The van der Waals surface area contributed by atoms with E-state index in [9.17, 15) is 13.2 Å². The van der Waals surface area contributed by atoms with Crippen molar-refractivity contribution < 1.29 is 17.9 Å². The van der Waals surface area contributed by atoms with Gasteiger partial charge in [0.1, 0.15) is 12.4 Å². The van der Waals surface area contributed by atoms with Crippen LogP contribution in [0.5, 0.6) is 5.75 Å². The predicted octanol–water partition coefficient (Wildman–Crippen LogP) is 4.49. The molecule has 8 heteroatoms. The average molecular weight is 358 g/mol. The van der Waals surface area contributed by atoms with E-state index in [1.807, 2.05) is 12.1 Å². The number of nitrogens with zero attached hydrogens (tertiary/aromatic N) is 3. The SMILES string of the molecule is N#CC1N=NNC1=Cc1cccc(OCc2ccc(C(F)(F)F)cc2)c1. The Balaban J connectivity index is 1.66. The van der Waals surface area contributed by atoms with Gasteiger partial charge < -0.3 is 4.74 Å². The number of alkyl halides is 3. The molecule has 1 N–H and O–H groups in total. The highest BCUT2D eigenvalue weighted by Crippen LogP contribution is 2.29. The fourth-order valence-electron chi connectivity index (χ4n) is 2.30. The van der Waals surface area contributed by atoms with E-state index in [1.54, 1.807) is 24.3 Å². The van der Waals surface area contributed by atoms with Crippen LogP contribution in [0.25, 0.3) is 6.08 Å². The summed E-state index contributed by atoms with van der Waals surface area (Å²) in [5, 5.41) is 16.3. The first-order valence-electron chi connectivity index (χ1n) is 7.62. The maximum atomic E-state index is 12.6. The molecular formula is C18H13F3N4O. The summed E-state index contributed by atoms with van der Waals surface area (Å²) in [7, 11) is 0. The topological polar surface area (TPSA) is 69.8 Å². The van der Waals surface area contributed by atoms with Gasteiger partial charge in [0.2, 0.25) is 0 Å². The number of benzene rings is 2. The maximum Gasteiger partial charge on any atom is 0.416 e. The maximum absolute atomic E-state index is 12.6. The molecule has 3 rings (SSSR count). The van der Waals surface area contributed by atoms with Crippen LogP contribution in [0.4, 0.5) is 13.2 Å². The first-order chi connectivity index (χ1) is 12.5.